The third kappa shape index (κ3) is 2.61. The van der Waals surface area contributed by atoms with E-state index in [9.17, 15) is 4.91 Å². The van der Waals surface area contributed by atoms with Crippen molar-refractivity contribution in [1.82, 2.24) is 0 Å². The molecule has 1 aromatic rings. The van der Waals surface area contributed by atoms with Gasteiger partial charge in [-0.2, -0.15) is 4.91 Å². The number of aliphatic hydroxyl groups is 1. The molecule has 0 saturated heterocycles. The molecule has 0 heterocycles. The first-order chi connectivity index (χ1) is 6.81. The molecule has 0 aliphatic carbocycles. The van der Waals surface area contributed by atoms with E-state index in [1.165, 1.54) is 0 Å². The predicted octanol–water partition coefficient (Wildman–Crippen LogP) is 1.34. The van der Waals surface area contributed by atoms with E-state index in [0.717, 1.165) is 11.1 Å². The SMILES string of the molecule is NCCC(N=O)c1ccc(CO)cc1. The Morgan fingerprint density at radius 3 is 2.43 bits per heavy atom. The third-order valence-corrected chi connectivity index (χ3v) is 2.11. The normalized spacial score (nSPS) is 12.4. The van der Waals surface area contributed by atoms with Crippen molar-refractivity contribution in [2.75, 3.05) is 6.54 Å². The van der Waals surface area contributed by atoms with Crippen LogP contribution in [0.25, 0.3) is 0 Å². The van der Waals surface area contributed by atoms with E-state index in [2.05, 4.69) is 5.18 Å². The number of benzene rings is 1. The van der Waals surface area contributed by atoms with Crippen molar-refractivity contribution in [2.24, 2.45) is 10.9 Å². The van der Waals surface area contributed by atoms with Gasteiger partial charge in [-0.25, -0.2) is 0 Å². The fourth-order valence-electron chi connectivity index (χ4n) is 1.28. The molecule has 0 aliphatic rings. The van der Waals surface area contributed by atoms with Crippen molar-refractivity contribution in [3.63, 3.8) is 0 Å². The number of nitroso groups, excluding NO2 is 1. The first kappa shape index (κ1) is 10.8. The first-order valence-corrected chi connectivity index (χ1v) is 4.54. The van der Waals surface area contributed by atoms with Gasteiger partial charge in [-0.15, -0.1) is 0 Å². The highest BCUT2D eigenvalue weighted by Crippen LogP contribution is 2.20. The molecule has 0 aliphatic heterocycles. The molecule has 0 saturated carbocycles. The summed E-state index contributed by atoms with van der Waals surface area (Å²) < 4.78 is 0. The van der Waals surface area contributed by atoms with Crippen LogP contribution in [-0.2, 0) is 6.61 Å². The molecule has 76 valence electrons. The summed E-state index contributed by atoms with van der Waals surface area (Å²) in [6.45, 7) is 0.453. The molecule has 1 rings (SSSR count). The average molecular weight is 194 g/mol. The van der Waals surface area contributed by atoms with Crippen molar-refractivity contribution in [3.8, 4) is 0 Å². The van der Waals surface area contributed by atoms with E-state index < -0.39 is 0 Å². The van der Waals surface area contributed by atoms with Gasteiger partial charge in [0, 0.05) is 0 Å². The lowest BCUT2D eigenvalue weighted by Gasteiger charge is -2.07. The van der Waals surface area contributed by atoms with Crippen LogP contribution in [0.2, 0.25) is 0 Å². The summed E-state index contributed by atoms with van der Waals surface area (Å²) in [6.07, 6.45) is 0.558. The maximum absolute atomic E-state index is 10.5. The van der Waals surface area contributed by atoms with Crippen molar-refractivity contribution in [1.29, 1.82) is 0 Å². The number of hydrogen-bond donors (Lipinski definition) is 2. The van der Waals surface area contributed by atoms with Crippen LogP contribution in [0.3, 0.4) is 0 Å². The summed E-state index contributed by atoms with van der Waals surface area (Å²) in [5, 5.41) is 11.8. The molecule has 4 nitrogen and oxygen atoms in total. The van der Waals surface area contributed by atoms with Gasteiger partial charge in [0.25, 0.3) is 0 Å². The Morgan fingerprint density at radius 1 is 1.36 bits per heavy atom. The molecular formula is C10H14N2O2. The van der Waals surface area contributed by atoms with Gasteiger partial charge in [0.15, 0.2) is 0 Å². The smallest absolute Gasteiger partial charge is 0.118 e. The third-order valence-electron chi connectivity index (χ3n) is 2.11. The van der Waals surface area contributed by atoms with E-state index in [4.69, 9.17) is 10.8 Å². The van der Waals surface area contributed by atoms with Gasteiger partial charge < -0.3 is 10.8 Å². The van der Waals surface area contributed by atoms with Crippen LogP contribution in [-0.4, -0.2) is 11.7 Å². The van der Waals surface area contributed by atoms with Gasteiger partial charge in [0.1, 0.15) is 6.04 Å². The molecule has 14 heavy (non-hydrogen) atoms. The molecule has 1 atom stereocenters. The van der Waals surface area contributed by atoms with Gasteiger partial charge in [0.05, 0.1) is 6.61 Å². The molecule has 0 spiro atoms. The maximum Gasteiger partial charge on any atom is 0.118 e. The Bertz CT molecular complexity index is 285. The summed E-state index contributed by atoms with van der Waals surface area (Å²) in [7, 11) is 0. The Hall–Kier alpha value is -1.26. The van der Waals surface area contributed by atoms with Gasteiger partial charge in [-0.1, -0.05) is 29.4 Å². The van der Waals surface area contributed by atoms with Crippen molar-refractivity contribution < 1.29 is 5.11 Å². The number of rotatable bonds is 5. The maximum atomic E-state index is 10.5. The zero-order valence-electron chi connectivity index (χ0n) is 7.89. The lowest BCUT2D eigenvalue weighted by atomic mass is 10.0. The van der Waals surface area contributed by atoms with Crippen LogP contribution < -0.4 is 5.73 Å². The Morgan fingerprint density at radius 2 is 2.00 bits per heavy atom. The molecule has 0 aromatic heterocycles. The van der Waals surface area contributed by atoms with Crippen LogP contribution in [0.15, 0.2) is 29.4 Å². The quantitative estimate of drug-likeness (QED) is 0.694. The zero-order chi connectivity index (χ0) is 10.4. The van der Waals surface area contributed by atoms with Gasteiger partial charge in [-0.3, -0.25) is 0 Å². The largest absolute Gasteiger partial charge is 0.392 e. The lowest BCUT2D eigenvalue weighted by molar-refractivity contribution is 0.282. The van der Waals surface area contributed by atoms with Crippen molar-refractivity contribution in [3.05, 3.63) is 40.3 Å². The predicted molar refractivity (Wildman–Crippen MR) is 54.6 cm³/mol. The number of nitrogens with zero attached hydrogens (tertiary/aromatic N) is 1. The summed E-state index contributed by atoms with van der Waals surface area (Å²) in [4.78, 5) is 10.5. The van der Waals surface area contributed by atoms with E-state index in [1.807, 2.05) is 0 Å². The second-order valence-corrected chi connectivity index (χ2v) is 3.10. The summed E-state index contributed by atoms with van der Waals surface area (Å²) in [6, 6.07) is 6.79. The molecule has 0 bridgehead atoms. The highest BCUT2D eigenvalue weighted by Gasteiger charge is 2.09. The van der Waals surface area contributed by atoms with Crippen LogP contribution in [0.5, 0.6) is 0 Å². The van der Waals surface area contributed by atoms with Crippen LogP contribution in [0.1, 0.15) is 23.6 Å². The summed E-state index contributed by atoms with van der Waals surface area (Å²) in [5.74, 6) is 0. The van der Waals surface area contributed by atoms with Gasteiger partial charge >= 0.3 is 0 Å². The highest BCUT2D eigenvalue weighted by molar-refractivity contribution is 5.24. The minimum atomic E-state index is -0.368. The fourth-order valence-corrected chi connectivity index (χ4v) is 1.28. The molecule has 3 N–H and O–H groups in total. The molecule has 0 amide bonds. The van der Waals surface area contributed by atoms with E-state index in [0.29, 0.717) is 13.0 Å². The Balaban J connectivity index is 2.78. The van der Waals surface area contributed by atoms with Gasteiger partial charge in [0.2, 0.25) is 0 Å². The second-order valence-electron chi connectivity index (χ2n) is 3.10. The number of aliphatic hydroxyl groups excluding tert-OH is 1. The van der Waals surface area contributed by atoms with Gasteiger partial charge in [-0.05, 0) is 24.1 Å². The molecular weight excluding hydrogens is 180 g/mol. The van der Waals surface area contributed by atoms with Crippen LogP contribution in [0, 0.1) is 4.91 Å². The molecule has 1 unspecified atom stereocenters. The minimum absolute atomic E-state index is 0.0103. The lowest BCUT2D eigenvalue weighted by Crippen LogP contribution is -2.05. The number of hydrogen-bond acceptors (Lipinski definition) is 4. The van der Waals surface area contributed by atoms with E-state index in [-0.39, 0.29) is 12.6 Å². The molecule has 0 fully saturated rings. The summed E-state index contributed by atoms with van der Waals surface area (Å²) >= 11 is 0. The Kier molecular flexibility index (Phi) is 4.22. The fraction of sp³-hybridized carbons (Fsp3) is 0.400. The van der Waals surface area contributed by atoms with Crippen molar-refractivity contribution >= 4 is 0 Å². The monoisotopic (exact) mass is 194 g/mol. The topological polar surface area (TPSA) is 75.7 Å². The number of nitrogens with two attached hydrogens (primary N) is 1. The minimum Gasteiger partial charge on any atom is -0.392 e. The molecule has 4 heteroatoms. The first-order valence-electron chi connectivity index (χ1n) is 4.54. The second kappa shape index (κ2) is 5.47. The van der Waals surface area contributed by atoms with E-state index in [1.54, 1.807) is 24.3 Å². The summed E-state index contributed by atoms with van der Waals surface area (Å²) in [5.41, 5.74) is 7.03. The van der Waals surface area contributed by atoms with Crippen molar-refractivity contribution in [2.45, 2.75) is 19.1 Å². The highest BCUT2D eigenvalue weighted by atomic mass is 16.3. The van der Waals surface area contributed by atoms with Crippen LogP contribution >= 0.6 is 0 Å². The zero-order valence-corrected chi connectivity index (χ0v) is 7.89. The molecule has 1 aromatic carbocycles. The molecule has 0 radical (unpaired) electrons. The average Bonchev–Trinajstić information content (AvgIpc) is 2.26. The van der Waals surface area contributed by atoms with E-state index >= 15 is 0 Å². The standard InChI is InChI=1S/C10H14N2O2/c11-6-5-10(12-14)9-3-1-8(7-13)2-4-9/h1-4,10,13H,5-7,11H2. The van der Waals surface area contributed by atoms with Crippen LogP contribution in [0.4, 0.5) is 0 Å². The Labute approximate surface area is 82.7 Å².